The second-order valence-electron chi connectivity index (χ2n) is 3.23. The van der Waals surface area contributed by atoms with Gasteiger partial charge in [-0.05, 0) is 12.0 Å². The SMILES string of the molecule is CCC(C)C(O)c1ccncc1F. The molecule has 0 aliphatic rings. The molecule has 2 atom stereocenters. The van der Waals surface area contributed by atoms with Crippen molar-refractivity contribution in [3.8, 4) is 0 Å². The highest BCUT2D eigenvalue weighted by molar-refractivity contribution is 5.16. The minimum atomic E-state index is -0.729. The largest absolute Gasteiger partial charge is 0.388 e. The summed E-state index contributed by atoms with van der Waals surface area (Å²) >= 11 is 0. The molecule has 1 aromatic heterocycles. The average Bonchev–Trinajstić information content (AvgIpc) is 2.16. The number of halogens is 1. The minimum absolute atomic E-state index is 0.0666. The summed E-state index contributed by atoms with van der Waals surface area (Å²) < 4.78 is 13.1. The van der Waals surface area contributed by atoms with Gasteiger partial charge in [0, 0.05) is 11.8 Å². The van der Waals surface area contributed by atoms with Crippen molar-refractivity contribution in [3.05, 3.63) is 29.8 Å². The first-order valence-corrected chi connectivity index (χ1v) is 4.44. The predicted octanol–water partition coefficient (Wildman–Crippen LogP) is 2.30. The zero-order valence-corrected chi connectivity index (χ0v) is 7.87. The maximum absolute atomic E-state index is 13.1. The minimum Gasteiger partial charge on any atom is -0.388 e. The maximum Gasteiger partial charge on any atom is 0.147 e. The molecule has 13 heavy (non-hydrogen) atoms. The van der Waals surface area contributed by atoms with E-state index in [4.69, 9.17) is 0 Å². The van der Waals surface area contributed by atoms with Crippen molar-refractivity contribution < 1.29 is 9.50 Å². The van der Waals surface area contributed by atoms with Crippen LogP contribution in [0.2, 0.25) is 0 Å². The van der Waals surface area contributed by atoms with Gasteiger partial charge >= 0.3 is 0 Å². The van der Waals surface area contributed by atoms with Gasteiger partial charge in [0.25, 0.3) is 0 Å². The van der Waals surface area contributed by atoms with Gasteiger partial charge in [-0.3, -0.25) is 4.98 Å². The van der Waals surface area contributed by atoms with Crippen LogP contribution in [0, 0.1) is 11.7 Å². The lowest BCUT2D eigenvalue weighted by molar-refractivity contribution is 0.111. The monoisotopic (exact) mass is 183 g/mol. The Labute approximate surface area is 77.4 Å². The highest BCUT2D eigenvalue weighted by Crippen LogP contribution is 2.25. The Hall–Kier alpha value is -0.960. The molecule has 0 fully saturated rings. The summed E-state index contributed by atoms with van der Waals surface area (Å²) in [4.78, 5) is 3.63. The summed E-state index contributed by atoms with van der Waals surface area (Å²) in [6, 6.07) is 1.52. The standard InChI is InChI=1S/C10H14FNO/c1-3-7(2)10(13)8-4-5-12-6-9(8)11/h4-7,10,13H,3H2,1-2H3. The molecule has 0 aliphatic heterocycles. The average molecular weight is 183 g/mol. The summed E-state index contributed by atoms with van der Waals surface area (Å²) in [7, 11) is 0. The first kappa shape index (κ1) is 10.1. The molecular formula is C10H14FNO. The van der Waals surface area contributed by atoms with E-state index in [1.165, 1.54) is 12.3 Å². The van der Waals surface area contributed by atoms with Crippen LogP contribution in [0.3, 0.4) is 0 Å². The van der Waals surface area contributed by atoms with E-state index in [0.29, 0.717) is 5.56 Å². The van der Waals surface area contributed by atoms with E-state index in [9.17, 15) is 9.50 Å². The zero-order chi connectivity index (χ0) is 9.84. The van der Waals surface area contributed by atoms with Gasteiger partial charge in [-0.15, -0.1) is 0 Å². The van der Waals surface area contributed by atoms with Crippen LogP contribution >= 0.6 is 0 Å². The van der Waals surface area contributed by atoms with Crippen molar-refractivity contribution >= 4 is 0 Å². The second-order valence-corrected chi connectivity index (χ2v) is 3.23. The molecule has 0 aliphatic carbocycles. The molecule has 1 N–H and O–H groups in total. The number of hydrogen-bond donors (Lipinski definition) is 1. The Balaban J connectivity index is 2.88. The van der Waals surface area contributed by atoms with Crippen molar-refractivity contribution in [3.63, 3.8) is 0 Å². The molecule has 3 heteroatoms. The molecule has 2 nitrogen and oxygen atoms in total. The Morgan fingerprint density at radius 3 is 2.85 bits per heavy atom. The molecule has 0 amide bonds. The summed E-state index contributed by atoms with van der Waals surface area (Å²) in [6.45, 7) is 3.86. The highest BCUT2D eigenvalue weighted by atomic mass is 19.1. The number of aromatic nitrogens is 1. The zero-order valence-electron chi connectivity index (χ0n) is 7.87. The number of pyridine rings is 1. The van der Waals surface area contributed by atoms with E-state index in [0.717, 1.165) is 12.6 Å². The van der Waals surface area contributed by atoms with Crippen molar-refractivity contribution in [2.24, 2.45) is 5.92 Å². The molecule has 0 radical (unpaired) electrons. The summed E-state index contributed by atoms with van der Waals surface area (Å²) in [6.07, 6.45) is 2.71. The van der Waals surface area contributed by atoms with Gasteiger partial charge in [-0.2, -0.15) is 0 Å². The van der Waals surface area contributed by atoms with Crippen molar-refractivity contribution in [1.82, 2.24) is 4.98 Å². The third-order valence-electron chi connectivity index (χ3n) is 2.31. The van der Waals surface area contributed by atoms with E-state index < -0.39 is 11.9 Å². The lowest BCUT2D eigenvalue weighted by Gasteiger charge is -2.17. The number of rotatable bonds is 3. The van der Waals surface area contributed by atoms with E-state index in [1.807, 2.05) is 13.8 Å². The molecule has 0 aromatic carbocycles. The smallest absolute Gasteiger partial charge is 0.147 e. The number of hydrogen-bond acceptors (Lipinski definition) is 2. The molecule has 1 rings (SSSR count). The fourth-order valence-electron chi connectivity index (χ4n) is 1.16. The predicted molar refractivity (Wildman–Crippen MR) is 48.6 cm³/mol. The molecular weight excluding hydrogens is 169 g/mol. The molecule has 0 saturated heterocycles. The lowest BCUT2D eigenvalue weighted by atomic mass is 9.96. The van der Waals surface area contributed by atoms with Crippen LogP contribution in [0.15, 0.2) is 18.5 Å². The van der Waals surface area contributed by atoms with Gasteiger partial charge in [0.2, 0.25) is 0 Å². The van der Waals surface area contributed by atoms with Crippen LogP contribution in [0.1, 0.15) is 31.9 Å². The van der Waals surface area contributed by atoms with Gasteiger partial charge in [0.15, 0.2) is 0 Å². The third kappa shape index (κ3) is 2.25. The van der Waals surface area contributed by atoms with Crippen LogP contribution in [-0.4, -0.2) is 10.1 Å². The van der Waals surface area contributed by atoms with Crippen LogP contribution in [0.5, 0.6) is 0 Å². The van der Waals surface area contributed by atoms with Crippen LogP contribution in [0.25, 0.3) is 0 Å². The van der Waals surface area contributed by atoms with E-state index in [2.05, 4.69) is 4.98 Å². The molecule has 1 aromatic rings. The molecule has 0 spiro atoms. The lowest BCUT2D eigenvalue weighted by Crippen LogP contribution is -2.10. The van der Waals surface area contributed by atoms with Crippen LogP contribution in [-0.2, 0) is 0 Å². The Morgan fingerprint density at radius 1 is 1.62 bits per heavy atom. The fourth-order valence-corrected chi connectivity index (χ4v) is 1.16. The maximum atomic E-state index is 13.1. The quantitative estimate of drug-likeness (QED) is 0.780. The van der Waals surface area contributed by atoms with Gasteiger partial charge < -0.3 is 5.11 Å². The van der Waals surface area contributed by atoms with Crippen LogP contribution < -0.4 is 0 Å². The van der Waals surface area contributed by atoms with Crippen LogP contribution in [0.4, 0.5) is 4.39 Å². The van der Waals surface area contributed by atoms with E-state index >= 15 is 0 Å². The molecule has 2 unspecified atom stereocenters. The fraction of sp³-hybridized carbons (Fsp3) is 0.500. The Bertz CT molecular complexity index is 277. The molecule has 72 valence electrons. The second kappa shape index (κ2) is 4.33. The first-order valence-electron chi connectivity index (χ1n) is 4.44. The summed E-state index contributed by atoms with van der Waals surface area (Å²) in [5, 5.41) is 9.70. The van der Waals surface area contributed by atoms with Crippen molar-refractivity contribution in [2.75, 3.05) is 0 Å². The van der Waals surface area contributed by atoms with Gasteiger partial charge in [0.1, 0.15) is 5.82 Å². The highest BCUT2D eigenvalue weighted by Gasteiger charge is 2.17. The third-order valence-corrected chi connectivity index (χ3v) is 2.31. The van der Waals surface area contributed by atoms with Gasteiger partial charge in [-0.25, -0.2) is 4.39 Å². The number of nitrogens with zero attached hydrogens (tertiary/aromatic N) is 1. The Morgan fingerprint density at radius 2 is 2.31 bits per heavy atom. The van der Waals surface area contributed by atoms with Gasteiger partial charge in [-0.1, -0.05) is 20.3 Å². The molecule has 0 bridgehead atoms. The molecule has 0 saturated carbocycles. The topological polar surface area (TPSA) is 33.1 Å². The number of aliphatic hydroxyl groups is 1. The molecule has 1 heterocycles. The van der Waals surface area contributed by atoms with Gasteiger partial charge in [0.05, 0.1) is 12.3 Å². The summed E-state index contributed by atoms with van der Waals surface area (Å²) in [5.74, 6) is -0.368. The van der Waals surface area contributed by atoms with E-state index in [-0.39, 0.29) is 5.92 Å². The number of aliphatic hydroxyl groups excluding tert-OH is 1. The van der Waals surface area contributed by atoms with E-state index in [1.54, 1.807) is 0 Å². The first-order chi connectivity index (χ1) is 6.16. The summed E-state index contributed by atoms with van der Waals surface area (Å²) in [5.41, 5.74) is 0.337. The Kier molecular flexibility index (Phi) is 3.37. The van der Waals surface area contributed by atoms with Crippen molar-refractivity contribution in [2.45, 2.75) is 26.4 Å². The normalized spacial score (nSPS) is 15.4. The van der Waals surface area contributed by atoms with Crippen molar-refractivity contribution in [1.29, 1.82) is 0 Å².